The van der Waals surface area contributed by atoms with Crippen molar-refractivity contribution < 1.29 is 9.90 Å². The molecule has 0 saturated carbocycles. The third-order valence-electron chi connectivity index (χ3n) is 4.52. The number of carbonyl (C=O) groups excluding carboxylic acids is 1. The van der Waals surface area contributed by atoms with Gasteiger partial charge in [0, 0.05) is 50.6 Å². The Balaban J connectivity index is 1.62. The first-order valence-corrected chi connectivity index (χ1v) is 8.25. The van der Waals surface area contributed by atoms with E-state index in [0.29, 0.717) is 5.56 Å². The highest BCUT2D eigenvalue weighted by Gasteiger charge is 2.33. The lowest BCUT2D eigenvalue weighted by Crippen LogP contribution is -2.41. The van der Waals surface area contributed by atoms with Crippen LogP contribution >= 0.6 is 0 Å². The maximum Gasteiger partial charge on any atom is 0.253 e. The predicted octanol–water partition coefficient (Wildman–Crippen LogP) is 1.61. The van der Waals surface area contributed by atoms with Gasteiger partial charge in [-0.15, -0.1) is 0 Å². The third-order valence-corrected chi connectivity index (χ3v) is 4.52. The van der Waals surface area contributed by atoms with Crippen molar-refractivity contribution >= 4 is 5.91 Å². The van der Waals surface area contributed by atoms with Gasteiger partial charge in [0.05, 0.1) is 5.56 Å². The maximum absolute atomic E-state index is 12.3. The molecule has 126 valence electrons. The molecular formula is C19H23N3O2. The van der Waals surface area contributed by atoms with Crippen LogP contribution in [0.5, 0.6) is 0 Å². The van der Waals surface area contributed by atoms with Crippen molar-refractivity contribution in [2.45, 2.75) is 19.5 Å². The van der Waals surface area contributed by atoms with E-state index in [4.69, 9.17) is 0 Å². The third kappa shape index (κ3) is 3.99. The van der Waals surface area contributed by atoms with Crippen LogP contribution in [0.2, 0.25) is 0 Å². The fourth-order valence-electron chi connectivity index (χ4n) is 3.14. The van der Waals surface area contributed by atoms with E-state index in [9.17, 15) is 9.90 Å². The second kappa shape index (κ2) is 7.55. The molecule has 2 aromatic rings. The van der Waals surface area contributed by atoms with Crippen LogP contribution < -0.4 is 5.32 Å². The number of aryl methyl sites for hydroxylation is 1. The number of amides is 1. The first kappa shape index (κ1) is 16.6. The number of benzene rings is 1. The summed E-state index contributed by atoms with van der Waals surface area (Å²) in [5.41, 5.74) is 3.04. The summed E-state index contributed by atoms with van der Waals surface area (Å²) in [6, 6.07) is 11.9. The zero-order chi connectivity index (χ0) is 16.9. The minimum absolute atomic E-state index is 0.0480. The number of pyridine rings is 1. The van der Waals surface area contributed by atoms with Gasteiger partial charge in [-0.25, -0.2) is 0 Å². The molecule has 24 heavy (non-hydrogen) atoms. The summed E-state index contributed by atoms with van der Waals surface area (Å²) in [4.78, 5) is 18.6. The van der Waals surface area contributed by atoms with Gasteiger partial charge in [-0.05, 0) is 24.6 Å². The molecule has 0 aliphatic carbocycles. The Morgan fingerprint density at radius 1 is 1.29 bits per heavy atom. The number of nitrogens with zero attached hydrogens (tertiary/aromatic N) is 2. The van der Waals surface area contributed by atoms with E-state index in [1.54, 1.807) is 24.5 Å². The van der Waals surface area contributed by atoms with Gasteiger partial charge in [-0.1, -0.05) is 29.8 Å². The zero-order valence-corrected chi connectivity index (χ0v) is 13.9. The predicted molar refractivity (Wildman–Crippen MR) is 92.5 cm³/mol. The van der Waals surface area contributed by atoms with E-state index in [2.05, 4.69) is 46.4 Å². The van der Waals surface area contributed by atoms with Crippen molar-refractivity contribution in [1.29, 1.82) is 0 Å². The Morgan fingerprint density at radius 2 is 2.08 bits per heavy atom. The Bertz CT molecular complexity index is 673. The van der Waals surface area contributed by atoms with Crippen LogP contribution in [-0.4, -0.2) is 46.6 Å². The van der Waals surface area contributed by atoms with Crippen molar-refractivity contribution in [3.8, 4) is 0 Å². The molecule has 5 nitrogen and oxygen atoms in total. The highest BCUT2D eigenvalue weighted by Crippen LogP contribution is 2.20. The van der Waals surface area contributed by atoms with Crippen LogP contribution in [-0.2, 0) is 6.54 Å². The molecule has 5 heteroatoms. The van der Waals surface area contributed by atoms with E-state index in [1.165, 1.54) is 11.1 Å². The summed E-state index contributed by atoms with van der Waals surface area (Å²) in [5, 5.41) is 12.7. The topological polar surface area (TPSA) is 65.5 Å². The summed E-state index contributed by atoms with van der Waals surface area (Å²) in [6.07, 6.45) is 3.20. The number of hydrogen-bond acceptors (Lipinski definition) is 4. The summed E-state index contributed by atoms with van der Waals surface area (Å²) < 4.78 is 0. The Morgan fingerprint density at radius 3 is 2.75 bits per heavy atom. The highest BCUT2D eigenvalue weighted by atomic mass is 16.3. The summed E-state index contributed by atoms with van der Waals surface area (Å²) in [5.74, 6) is -0.0835. The van der Waals surface area contributed by atoms with Gasteiger partial charge in [0.2, 0.25) is 0 Å². The second-order valence-electron chi connectivity index (χ2n) is 6.44. The monoisotopic (exact) mass is 325 g/mol. The molecule has 0 spiro atoms. The molecular weight excluding hydrogens is 302 g/mol. The lowest BCUT2D eigenvalue weighted by molar-refractivity contribution is 0.0920. The number of aliphatic hydroxyl groups is 1. The number of hydrogen-bond donors (Lipinski definition) is 2. The molecule has 0 unspecified atom stereocenters. The Labute approximate surface area is 142 Å². The number of rotatable bonds is 5. The quantitative estimate of drug-likeness (QED) is 0.877. The van der Waals surface area contributed by atoms with Crippen LogP contribution in [0.1, 0.15) is 21.5 Å². The van der Waals surface area contributed by atoms with Crippen LogP contribution in [0.3, 0.4) is 0 Å². The lowest BCUT2D eigenvalue weighted by Gasteiger charge is -2.18. The first-order chi connectivity index (χ1) is 11.7. The van der Waals surface area contributed by atoms with Gasteiger partial charge >= 0.3 is 0 Å². The average Bonchev–Trinajstić information content (AvgIpc) is 2.99. The van der Waals surface area contributed by atoms with E-state index in [0.717, 1.165) is 19.6 Å². The maximum atomic E-state index is 12.3. The second-order valence-corrected chi connectivity index (χ2v) is 6.44. The molecule has 0 bridgehead atoms. The summed E-state index contributed by atoms with van der Waals surface area (Å²) >= 11 is 0. The van der Waals surface area contributed by atoms with E-state index in [1.807, 2.05) is 0 Å². The van der Waals surface area contributed by atoms with Gasteiger partial charge < -0.3 is 10.4 Å². The molecule has 3 rings (SSSR count). The van der Waals surface area contributed by atoms with Gasteiger partial charge in [0.25, 0.3) is 5.91 Å². The smallest absolute Gasteiger partial charge is 0.253 e. The summed E-state index contributed by atoms with van der Waals surface area (Å²) in [7, 11) is 0. The van der Waals surface area contributed by atoms with Crippen molar-refractivity contribution in [2.75, 3.05) is 19.7 Å². The first-order valence-electron chi connectivity index (χ1n) is 8.25. The molecule has 2 atom stereocenters. The molecule has 2 N–H and O–H groups in total. The van der Waals surface area contributed by atoms with Crippen LogP contribution in [0.4, 0.5) is 0 Å². The van der Waals surface area contributed by atoms with E-state index < -0.39 is 0 Å². The van der Waals surface area contributed by atoms with Gasteiger partial charge in [-0.3, -0.25) is 14.7 Å². The van der Waals surface area contributed by atoms with E-state index >= 15 is 0 Å². The van der Waals surface area contributed by atoms with Crippen LogP contribution in [0.25, 0.3) is 0 Å². The molecule has 1 amide bonds. The highest BCUT2D eigenvalue weighted by molar-refractivity contribution is 5.94. The normalized spacial score (nSPS) is 20.9. The number of aromatic nitrogens is 1. The lowest BCUT2D eigenvalue weighted by atomic mass is 10.0. The standard InChI is InChI=1S/C19H23N3O2/c1-14-4-6-15(7-5-14)10-22-11-17(13-23)18(12-22)21-19(24)16-3-2-8-20-9-16/h2-9,17-18,23H,10-13H2,1H3,(H,21,24)/t17-,18+/m0/s1. The fraction of sp³-hybridized carbons (Fsp3) is 0.368. The van der Waals surface area contributed by atoms with Crippen molar-refractivity contribution in [2.24, 2.45) is 5.92 Å². The number of nitrogens with one attached hydrogen (secondary N) is 1. The average molecular weight is 325 g/mol. The van der Waals surface area contributed by atoms with E-state index in [-0.39, 0.29) is 24.5 Å². The van der Waals surface area contributed by atoms with Gasteiger partial charge in [0.15, 0.2) is 0 Å². The van der Waals surface area contributed by atoms with Crippen LogP contribution in [0.15, 0.2) is 48.8 Å². The Hall–Kier alpha value is -2.24. The molecule has 1 aliphatic heterocycles. The fourth-order valence-corrected chi connectivity index (χ4v) is 3.14. The van der Waals surface area contributed by atoms with Crippen molar-refractivity contribution in [3.63, 3.8) is 0 Å². The summed E-state index contributed by atoms with van der Waals surface area (Å²) in [6.45, 7) is 4.50. The number of likely N-dealkylation sites (tertiary alicyclic amines) is 1. The van der Waals surface area contributed by atoms with Crippen molar-refractivity contribution in [1.82, 2.24) is 15.2 Å². The SMILES string of the molecule is Cc1ccc(CN2C[C@@H](CO)[C@H](NC(=O)c3cccnc3)C2)cc1. The molecule has 2 heterocycles. The van der Waals surface area contributed by atoms with Gasteiger partial charge in [0.1, 0.15) is 0 Å². The van der Waals surface area contributed by atoms with Crippen molar-refractivity contribution in [3.05, 3.63) is 65.5 Å². The Kier molecular flexibility index (Phi) is 5.23. The number of carbonyl (C=O) groups is 1. The molecule has 1 aromatic carbocycles. The molecule has 0 radical (unpaired) electrons. The molecule has 1 aliphatic rings. The molecule has 1 aromatic heterocycles. The minimum atomic E-state index is -0.135. The van der Waals surface area contributed by atoms with Gasteiger partial charge in [-0.2, -0.15) is 0 Å². The zero-order valence-electron chi connectivity index (χ0n) is 13.9. The van der Waals surface area contributed by atoms with Crippen LogP contribution in [0, 0.1) is 12.8 Å². The minimum Gasteiger partial charge on any atom is -0.396 e. The number of aliphatic hydroxyl groups excluding tert-OH is 1. The largest absolute Gasteiger partial charge is 0.396 e. The molecule has 1 fully saturated rings. The molecule has 1 saturated heterocycles.